The zero-order chi connectivity index (χ0) is 29.1. The summed E-state index contributed by atoms with van der Waals surface area (Å²) in [5, 5.41) is 5.25. The van der Waals surface area contributed by atoms with Gasteiger partial charge in [0.1, 0.15) is 18.8 Å². The van der Waals surface area contributed by atoms with Gasteiger partial charge in [-0.05, 0) is 31.9 Å². The summed E-state index contributed by atoms with van der Waals surface area (Å²) < 4.78 is 26.9. The number of alkyl carbamates (subject to hydrolysis) is 2. The van der Waals surface area contributed by atoms with Gasteiger partial charge in [0.25, 0.3) is 0 Å². The molecule has 0 aliphatic rings. The van der Waals surface area contributed by atoms with Crippen molar-refractivity contribution in [1.82, 2.24) is 15.5 Å². The lowest BCUT2D eigenvalue weighted by molar-refractivity contribution is 0.0102. The van der Waals surface area contributed by atoms with E-state index in [1.54, 1.807) is 20.8 Å². The maximum atomic E-state index is 12.6. The van der Waals surface area contributed by atoms with Gasteiger partial charge in [0.05, 0.1) is 26.4 Å². The number of nitrogens with one attached hydrogen (secondary N) is 2. The van der Waals surface area contributed by atoms with Crippen molar-refractivity contribution in [1.29, 1.82) is 0 Å². The van der Waals surface area contributed by atoms with Crippen LogP contribution in [-0.2, 0) is 36.9 Å². The lowest BCUT2D eigenvalue weighted by Gasteiger charge is -2.27. The van der Waals surface area contributed by atoms with Gasteiger partial charge in [0, 0.05) is 26.2 Å². The summed E-state index contributed by atoms with van der Waals surface area (Å²) in [6, 6.07) is 18.8. The van der Waals surface area contributed by atoms with Crippen molar-refractivity contribution in [2.45, 2.75) is 39.6 Å². The van der Waals surface area contributed by atoms with Crippen molar-refractivity contribution in [3.05, 3.63) is 71.8 Å². The van der Waals surface area contributed by atoms with E-state index in [1.165, 1.54) is 4.90 Å². The van der Waals surface area contributed by atoms with E-state index in [1.807, 2.05) is 60.7 Å². The SMILES string of the molecule is CC(C)(C)OC(=O)N(CCOCCNC(=O)OCc1ccccc1)CCOCCNC(=O)OCc1ccccc1. The number of ether oxygens (including phenoxy) is 5. The molecular weight excluding hydrogens is 518 g/mol. The maximum absolute atomic E-state index is 12.6. The molecule has 0 spiro atoms. The number of carbonyl (C=O) groups excluding carboxylic acids is 3. The van der Waals surface area contributed by atoms with Gasteiger partial charge in [-0.15, -0.1) is 0 Å². The lowest BCUT2D eigenvalue weighted by Crippen LogP contribution is -2.41. The highest BCUT2D eigenvalue weighted by atomic mass is 16.6. The van der Waals surface area contributed by atoms with E-state index in [-0.39, 0.29) is 65.8 Å². The first kappa shape index (κ1) is 32.4. The Bertz CT molecular complexity index is 932. The standard InChI is InChI=1S/C29H41N3O8/c1-29(2,3)40-28(35)32(16-20-36-18-14-30-26(33)38-22-24-10-6-4-7-11-24)17-21-37-19-15-31-27(34)39-23-25-12-8-5-9-13-25/h4-13H,14-23H2,1-3H3,(H,30,33)(H,31,34). The number of hydrogen-bond acceptors (Lipinski definition) is 8. The fourth-order valence-electron chi connectivity index (χ4n) is 3.17. The Morgan fingerprint density at radius 1 is 0.675 bits per heavy atom. The van der Waals surface area contributed by atoms with Crippen LogP contribution in [0.15, 0.2) is 60.7 Å². The van der Waals surface area contributed by atoms with Gasteiger partial charge in [-0.2, -0.15) is 0 Å². The second kappa shape index (κ2) is 18.5. The molecule has 2 aromatic carbocycles. The number of carbonyl (C=O) groups is 3. The summed E-state index contributed by atoms with van der Waals surface area (Å²) in [6.45, 7) is 7.85. The molecule has 0 aliphatic heterocycles. The molecule has 0 radical (unpaired) electrons. The van der Waals surface area contributed by atoms with Gasteiger partial charge in [-0.3, -0.25) is 0 Å². The molecule has 0 atom stereocenters. The predicted molar refractivity (Wildman–Crippen MR) is 149 cm³/mol. The molecular formula is C29H41N3O8. The minimum Gasteiger partial charge on any atom is -0.445 e. The molecule has 0 unspecified atom stereocenters. The van der Waals surface area contributed by atoms with E-state index in [0.717, 1.165) is 11.1 Å². The number of benzene rings is 2. The predicted octanol–water partition coefficient (Wildman–Crippen LogP) is 4.11. The third-order valence-corrected chi connectivity index (χ3v) is 5.12. The molecule has 11 nitrogen and oxygen atoms in total. The normalized spacial score (nSPS) is 10.9. The second-order valence-electron chi connectivity index (χ2n) is 9.67. The summed E-state index contributed by atoms with van der Waals surface area (Å²) >= 11 is 0. The Morgan fingerprint density at radius 3 is 1.50 bits per heavy atom. The Balaban J connectivity index is 1.58. The molecule has 3 amide bonds. The van der Waals surface area contributed by atoms with Crippen LogP contribution < -0.4 is 10.6 Å². The molecule has 2 N–H and O–H groups in total. The maximum Gasteiger partial charge on any atom is 0.410 e. The average molecular weight is 560 g/mol. The number of nitrogens with zero attached hydrogens (tertiary/aromatic N) is 1. The minimum atomic E-state index is -0.648. The molecule has 0 saturated carbocycles. The second-order valence-corrected chi connectivity index (χ2v) is 9.67. The Labute approximate surface area is 236 Å². The van der Waals surface area contributed by atoms with Crippen LogP contribution in [-0.4, -0.2) is 81.4 Å². The summed E-state index contributed by atoms with van der Waals surface area (Å²) in [4.78, 5) is 37.7. The molecule has 40 heavy (non-hydrogen) atoms. The fourth-order valence-corrected chi connectivity index (χ4v) is 3.17. The highest BCUT2D eigenvalue weighted by Gasteiger charge is 2.22. The van der Waals surface area contributed by atoms with Crippen LogP contribution in [0.5, 0.6) is 0 Å². The van der Waals surface area contributed by atoms with Crippen LogP contribution >= 0.6 is 0 Å². The zero-order valence-electron chi connectivity index (χ0n) is 23.6. The van der Waals surface area contributed by atoms with Gasteiger partial charge in [0.15, 0.2) is 0 Å². The fraction of sp³-hybridized carbons (Fsp3) is 0.483. The molecule has 2 rings (SSSR count). The smallest absolute Gasteiger partial charge is 0.410 e. The molecule has 0 aromatic heterocycles. The van der Waals surface area contributed by atoms with Crippen LogP contribution in [0.1, 0.15) is 31.9 Å². The topological polar surface area (TPSA) is 125 Å². The first-order valence-electron chi connectivity index (χ1n) is 13.3. The van der Waals surface area contributed by atoms with Gasteiger partial charge in [-0.1, -0.05) is 60.7 Å². The average Bonchev–Trinajstić information content (AvgIpc) is 2.93. The summed E-state index contributed by atoms with van der Waals surface area (Å²) in [5.74, 6) is 0. The third-order valence-electron chi connectivity index (χ3n) is 5.12. The largest absolute Gasteiger partial charge is 0.445 e. The van der Waals surface area contributed by atoms with Crippen molar-refractivity contribution < 1.29 is 38.1 Å². The minimum absolute atomic E-state index is 0.189. The van der Waals surface area contributed by atoms with E-state index in [0.29, 0.717) is 0 Å². The van der Waals surface area contributed by atoms with Gasteiger partial charge in [-0.25, -0.2) is 14.4 Å². The van der Waals surface area contributed by atoms with Crippen LogP contribution in [0.25, 0.3) is 0 Å². The summed E-state index contributed by atoms with van der Waals surface area (Å²) in [7, 11) is 0. The molecule has 220 valence electrons. The van der Waals surface area contributed by atoms with Crippen LogP contribution in [0, 0.1) is 0 Å². The van der Waals surface area contributed by atoms with Gasteiger partial charge in [0.2, 0.25) is 0 Å². The number of hydrogen-bond donors (Lipinski definition) is 2. The molecule has 11 heteroatoms. The first-order valence-corrected chi connectivity index (χ1v) is 13.3. The summed E-state index contributed by atoms with van der Waals surface area (Å²) in [5.41, 5.74) is 1.15. The Kier molecular flexibility index (Phi) is 14.9. The van der Waals surface area contributed by atoms with Crippen molar-refractivity contribution in [3.63, 3.8) is 0 Å². The van der Waals surface area contributed by atoms with E-state index >= 15 is 0 Å². The quantitative estimate of drug-likeness (QED) is 0.233. The monoisotopic (exact) mass is 559 g/mol. The molecule has 0 aliphatic carbocycles. The summed E-state index contributed by atoms with van der Waals surface area (Å²) in [6.07, 6.45) is -1.54. The molecule has 0 heterocycles. The van der Waals surface area contributed by atoms with Crippen molar-refractivity contribution in [2.24, 2.45) is 0 Å². The van der Waals surface area contributed by atoms with Crippen molar-refractivity contribution >= 4 is 18.3 Å². The molecule has 0 bridgehead atoms. The number of amides is 3. The Hall–Kier alpha value is -3.83. The lowest BCUT2D eigenvalue weighted by atomic mass is 10.2. The highest BCUT2D eigenvalue weighted by molar-refractivity contribution is 5.68. The number of rotatable bonds is 16. The van der Waals surface area contributed by atoms with Crippen LogP contribution in [0.3, 0.4) is 0 Å². The third kappa shape index (κ3) is 15.6. The molecule has 0 fully saturated rings. The van der Waals surface area contributed by atoms with Gasteiger partial charge < -0.3 is 39.2 Å². The molecule has 2 aromatic rings. The zero-order valence-corrected chi connectivity index (χ0v) is 23.6. The molecule has 0 saturated heterocycles. The van der Waals surface area contributed by atoms with E-state index in [9.17, 15) is 14.4 Å². The van der Waals surface area contributed by atoms with Crippen LogP contribution in [0.4, 0.5) is 14.4 Å². The van der Waals surface area contributed by atoms with E-state index in [2.05, 4.69) is 10.6 Å². The van der Waals surface area contributed by atoms with Gasteiger partial charge >= 0.3 is 18.3 Å². The van der Waals surface area contributed by atoms with E-state index < -0.39 is 23.9 Å². The van der Waals surface area contributed by atoms with Crippen molar-refractivity contribution in [2.75, 3.05) is 52.6 Å². The van der Waals surface area contributed by atoms with E-state index in [4.69, 9.17) is 23.7 Å². The first-order chi connectivity index (χ1) is 19.2. The van der Waals surface area contributed by atoms with Crippen molar-refractivity contribution in [3.8, 4) is 0 Å². The highest BCUT2D eigenvalue weighted by Crippen LogP contribution is 2.10. The Morgan fingerprint density at radius 2 is 1.10 bits per heavy atom. The van der Waals surface area contributed by atoms with Crippen LogP contribution in [0.2, 0.25) is 0 Å².